The topological polar surface area (TPSA) is 54.0 Å². The summed E-state index contributed by atoms with van der Waals surface area (Å²) in [5, 5.41) is 13.3. The van der Waals surface area contributed by atoms with Gasteiger partial charge in [0.25, 0.3) is 0 Å². The fraction of sp³-hybridized carbons (Fsp3) is 0.438. The van der Waals surface area contributed by atoms with Gasteiger partial charge in [-0.3, -0.25) is 0 Å². The quantitative estimate of drug-likeness (QED) is 0.278. The van der Waals surface area contributed by atoms with Gasteiger partial charge in [0.2, 0.25) is 0 Å². The lowest BCUT2D eigenvalue weighted by Gasteiger charge is -2.32. The molecule has 1 aliphatic rings. The Morgan fingerprint density at radius 1 is 1.00 bits per heavy atom. The van der Waals surface area contributed by atoms with Gasteiger partial charge in [0.15, 0.2) is 0 Å². The van der Waals surface area contributed by atoms with E-state index < -0.39 is 0 Å². The first kappa shape index (κ1) is 26.9. The van der Waals surface area contributed by atoms with E-state index in [9.17, 15) is 5.11 Å². The Hall–Kier alpha value is -3.18. The Morgan fingerprint density at radius 2 is 1.78 bits per heavy atom. The molecule has 0 fully saturated rings. The molecule has 2 unspecified atom stereocenters. The van der Waals surface area contributed by atoms with Crippen LogP contribution in [0.25, 0.3) is 0 Å². The molecule has 0 amide bonds. The molecular weight excluding hydrogens is 460 g/mol. The largest absolute Gasteiger partial charge is 0.508 e. The van der Waals surface area contributed by atoms with Gasteiger partial charge < -0.3 is 24.8 Å². The highest BCUT2D eigenvalue weighted by molar-refractivity contribution is 5.60. The van der Waals surface area contributed by atoms with Crippen molar-refractivity contribution in [2.45, 2.75) is 65.0 Å². The van der Waals surface area contributed by atoms with Gasteiger partial charge in [-0.05, 0) is 98.0 Å². The van der Waals surface area contributed by atoms with Crippen LogP contribution in [0.1, 0.15) is 61.8 Å². The van der Waals surface area contributed by atoms with E-state index in [1.54, 1.807) is 7.11 Å². The number of phenolic OH excluding ortho intramolecular Hbond substituents is 1. The number of rotatable bonds is 12. The van der Waals surface area contributed by atoms with Gasteiger partial charge in [-0.25, -0.2) is 0 Å². The Labute approximate surface area is 222 Å². The number of hydrogen-bond acceptors (Lipinski definition) is 5. The third kappa shape index (κ3) is 6.98. The highest BCUT2D eigenvalue weighted by atomic mass is 16.5. The first-order chi connectivity index (χ1) is 18.0. The molecule has 5 nitrogen and oxygen atoms in total. The number of aryl methyl sites for hydroxylation is 1. The summed E-state index contributed by atoms with van der Waals surface area (Å²) < 4.78 is 11.5. The second kappa shape index (κ2) is 12.9. The van der Waals surface area contributed by atoms with Crippen LogP contribution in [-0.4, -0.2) is 38.0 Å². The van der Waals surface area contributed by atoms with Crippen LogP contribution in [0.5, 0.6) is 17.2 Å². The number of nitrogens with zero attached hydrogens (tertiary/aromatic N) is 1. The molecule has 37 heavy (non-hydrogen) atoms. The van der Waals surface area contributed by atoms with Crippen molar-refractivity contribution in [3.8, 4) is 17.2 Å². The number of benzene rings is 3. The maximum atomic E-state index is 9.89. The number of fused-ring (bicyclic) bond motifs is 1. The van der Waals surface area contributed by atoms with Gasteiger partial charge >= 0.3 is 0 Å². The van der Waals surface area contributed by atoms with E-state index in [0.717, 1.165) is 56.8 Å². The molecule has 0 saturated heterocycles. The van der Waals surface area contributed by atoms with Gasteiger partial charge in [0.05, 0.1) is 7.11 Å². The molecule has 0 spiro atoms. The summed E-state index contributed by atoms with van der Waals surface area (Å²) in [5.41, 5.74) is 6.48. The molecule has 0 bridgehead atoms. The van der Waals surface area contributed by atoms with Crippen LogP contribution >= 0.6 is 0 Å². The third-order valence-electron chi connectivity index (χ3n) is 7.59. The predicted molar refractivity (Wildman–Crippen MR) is 152 cm³/mol. The number of hydrogen-bond donors (Lipinski definition) is 2. The number of aromatic hydroxyl groups is 1. The summed E-state index contributed by atoms with van der Waals surface area (Å²) in [7, 11) is 1.73. The average molecular weight is 503 g/mol. The Kier molecular flexibility index (Phi) is 9.34. The van der Waals surface area contributed by atoms with Crippen molar-refractivity contribution in [3.05, 3.63) is 82.9 Å². The minimum absolute atomic E-state index is 0.360. The zero-order chi connectivity index (χ0) is 26.2. The maximum Gasteiger partial charge on any atom is 0.120 e. The summed E-state index contributed by atoms with van der Waals surface area (Å²) in [4.78, 5) is 2.44. The summed E-state index contributed by atoms with van der Waals surface area (Å²) >= 11 is 0. The van der Waals surface area contributed by atoms with Crippen LogP contribution in [0.3, 0.4) is 0 Å². The molecule has 0 aliphatic heterocycles. The number of nitrogens with one attached hydrogen (secondary N) is 1. The maximum absolute atomic E-state index is 9.89. The minimum Gasteiger partial charge on any atom is -0.508 e. The van der Waals surface area contributed by atoms with Crippen LogP contribution < -0.4 is 19.7 Å². The van der Waals surface area contributed by atoms with Gasteiger partial charge in [-0.15, -0.1) is 0 Å². The molecular formula is C32H42N2O3. The highest BCUT2D eigenvalue weighted by Crippen LogP contribution is 2.40. The monoisotopic (exact) mass is 502 g/mol. The minimum atomic E-state index is 0.360. The standard InChI is InChI=1S/C32H42N2O3/c1-5-23(3)33-17-18-37-29-13-7-24(8-14-29)22-34(6-2)32-21-30(36-4)15-16-31(32)27-10-9-26-20-28(35)12-11-25(26)19-27/h7-8,11-16,20-21,23,27,33,35H,5-6,9-10,17-19,22H2,1-4H3. The second-order valence-corrected chi connectivity index (χ2v) is 10.1. The van der Waals surface area contributed by atoms with E-state index in [0.29, 0.717) is 24.3 Å². The lowest BCUT2D eigenvalue weighted by Crippen LogP contribution is -2.29. The van der Waals surface area contributed by atoms with E-state index in [2.05, 4.69) is 79.5 Å². The predicted octanol–water partition coefficient (Wildman–Crippen LogP) is 6.47. The number of methoxy groups -OCH3 is 1. The Balaban J connectivity index is 1.47. The molecule has 5 heteroatoms. The van der Waals surface area contributed by atoms with Crippen molar-refractivity contribution in [2.75, 3.05) is 31.7 Å². The number of ether oxygens (including phenoxy) is 2. The van der Waals surface area contributed by atoms with Crippen molar-refractivity contribution < 1.29 is 14.6 Å². The molecule has 3 aromatic rings. The fourth-order valence-electron chi connectivity index (χ4n) is 5.17. The lowest BCUT2D eigenvalue weighted by molar-refractivity contribution is 0.306. The van der Waals surface area contributed by atoms with Crippen LogP contribution in [0.2, 0.25) is 0 Å². The van der Waals surface area contributed by atoms with E-state index >= 15 is 0 Å². The van der Waals surface area contributed by atoms with Gasteiger partial charge in [0, 0.05) is 37.4 Å². The molecule has 0 aromatic heterocycles. The van der Waals surface area contributed by atoms with Crippen LogP contribution in [0.4, 0.5) is 5.69 Å². The van der Waals surface area contributed by atoms with Crippen molar-refractivity contribution >= 4 is 5.69 Å². The summed E-state index contributed by atoms with van der Waals surface area (Å²) in [6.07, 6.45) is 4.17. The van der Waals surface area contributed by atoms with Gasteiger partial charge in [0.1, 0.15) is 23.9 Å². The molecule has 198 valence electrons. The molecule has 1 aliphatic carbocycles. The molecule has 0 heterocycles. The average Bonchev–Trinajstić information content (AvgIpc) is 2.94. The van der Waals surface area contributed by atoms with E-state index in [1.165, 1.54) is 27.9 Å². The molecule has 0 radical (unpaired) electrons. The van der Waals surface area contributed by atoms with Crippen molar-refractivity contribution in [2.24, 2.45) is 0 Å². The second-order valence-electron chi connectivity index (χ2n) is 10.1. The third-order valence-corrected chi connectivity index (χ3v) is 7.59. The molecule has 0 saturated carbocycles. The highest BCUT2D eigenvalue weighted by Gasteiger charge is 2.24. The Bertz CT molecular complexity index is 1150. The zero-order valence-corrected chi connectivity index (χ0v) is 22.8. The number of phenols is 1. The van der Waals surface area contributed by atoms with Crippen LogP contribution in [-0.2, 0) is 19.4 Å². The van der Waals surface area contributed by atoms with Gasteiger partial charge in [-0.1, -0.05) is 31.2 Å². The first-order valence-corrected chi connectivity index (χ1v) is 13.7. The lowest BCUT2D eigenvalue weighted by atomic mass is 9.79. The fourth-order valence-corrected chi connectivity index (χ4v) is 5.17. The summed E-state index contributed by atoms with van der Waals surface area (Å²) in [6.45, 7) is 9.84. The van der Waals surface area contributed by atoms with Crippen LogP contribution in [0, 0.1) is 0 Å². The summed E-state index contributed by atoms with van der Waals surface area (Å²) in [5.74, 6) is 2.59. The van der Waals surface area contributed by atoms with E-state index in [1.807, 2.05) is 12.1 Å². The Morgan fingerprint density at radius 3 is 2.51 bits per heavy atom. The normalized spacial score (nSPS) is 15.6. The SMILES string of the molecule is CCC(C)NCCOc1ccc(CN(CC)c2cc(OC)ccc2C2CCc3cc(O)ccc3C2)cc1. The smallest absolute Gasteiger partial charge is 0.120 e. The first-order valence-electron chi connectivity index (χ1n) is 13.7. The number of anilines is 1. The van der Waals surface area contributed by atoms with Crippen molar-refractivity contribution in [3.63, 3.8) is 0 Å². The molecule has 2 N–H and O–H groups in total. The van der Waals surface area contributed by atoms with E-state index in [-0.39, 0.29) is 0 Å². The van der Waals surface area contributed by atoms with Crippen molar-refractivity contribution in [1.82, 2.24) is 5.32 Å². The molecule has 2 atom stereocenters. The van der Waals surface area contributed by atoms with Crippen molar-refractivity contribution in [1.29, 1.82) is 0 Å². The molecule has 3 aromatic carbocycles. The van der Waals surface area contributed by atoms with Gasteiger partial charge in [-0.2, -0.15) is 0 Å². The zero-order valence-electron chi connectivity index (χ0n) is 22.8. The van der Waals surface area contributed by atoms with Crippen LogP contribution in [0.15, 0.2) is 60.7 Å². The molecule has 4 rings (SSSR count). The summed E-state index contributed by atoms with van der Waals surface area (Å²) in [6, 6.07) is 21.3. The van der Waals surface area contributed by atoms with E-state index in [4.69, 9.17) is 9.47 Å².